The SMILES string of the molecule is O=C(Nc1ccc(F)cc1)c1cccc(N2C(=O)/C(=C\c3cc(Cl)ccc3O)SC2=S)c1. The Bertz CT molecular complexity index is 1280. The van der Waals surface area contributed by atoms with Crippen molar-refractivity contribution in [3.63, 3.8) is 0 Å². The number of phenols is 1. The van der Waals surface area contributed by atoms with Crippen LogP contribution in [0.5, 0.6) is 5.75 Å². The lowest BCUT2D eigenvalue weighted by Gasteiger charge is -2.15. The average molecular weight is 485 g/mol. The van der Waals surface area contributed by atoms with Crippen molar-refractivity contribution in [3.05, 3.63) is 93.6 Å². The zero-order chi connectivity index (χ0) is 22.8. The summed E-state index contributed by atoms with van der Waals surface area (Å²) in [5, 5.41) is 13.1. The third-order valence-electron chi connectivity index (χ3n) is 4.54. The van der Waals surface area contributed by atoms with E-state index in [1.54, 1.807) is 36.4 Å². The van der Waals surface area contributed by atoms with Gasteiger partial charge in [0.15, 0.2) is 4.32 Å². The van der Waals surface area contributed by atoms with Crippen molar-refractivity contribution < 1.29 is 19.1 Å². The number of thiocarbonyl (C=S) groups is 1. The number of thioether (sulfide) groups is 1. The molecule has 0 atom stereocenters. The number of nitrogens with zero attached hydrogens (tertiary/aromatic N) is 1. The standard InChI is InChI=1S/C23H14ClFN2O3S2/c24-15-4-9-19(28)14(10-15)12-20-22(30)27(23(31)32-20)18-3-1-2-13(11-18)21(29)26-17-7-5-16(25)6-8-17/h1-12,28H,(H,26,29)/b20-12+. The monoisotopic (exact) mass is 484 g/mol. The molecule has 2 N–H and O–H groups in total. The molecule has 3 aromatic rings. The van der Waals surface area contributed by atoms with E-state index in [0.717, 1.165) is 11.8 Å². The number of benzene rings is 3. The molecule has 0 spiro atoms. The highest BCUT2D eigenvalue weighted by atomic mass is 35.5. The number of rotatable bonds is 4. The van der Waals surface area contributed by atoms with E-state index >= 15 is 0 Å². The predicted octanol–water partition coefficient (Wildman–Crippen LogP) is 5.84. The van der Waals surface area contributed by atoms with Gasteiger partial charge in [0, 0.05) is 21.8 Å². The van der Waals surface area contributed by atoms with Gasteiger partial charge in [-0.1, -0.05) is 41.6 Å². The number of carbonyl (C=O) groups is 2. The summed E-state index contributed by atoms with van der Waals surface area (Å²) in [5.74, 6) is -1.21. The summed E-state index contributed by atoms with van der Waals surface area (Å²) < 4.78 is 13.4. The van der Waals surface area contributed by atoms with Gasteiger partial charge in [-0.3, -0.25) is 14.5 Å². The molecule has 1 fully saturated rings. The molecule has 0 bridgehead atoms. The van der Waals surface area contributed by atoms with E-state index in [1.165, 1.54) is 41.3 Å². The molecular formula is C23H14ClFN2O3S2. The van der Waals surface area contributed by atoms with Gasteiger partial charge in [0.1, 0.15) is 11.6 Å². The number of phenolic OH excluding ortho intramolecular Hbond substituents is 1. The highest BCUT2D eigenvalue weighted by Crippen LogP contribution is 2.37. The molecule has 0 saturated carbocycles. The van der Waals surface area contributed by atoms with E-state index in [4.69, 9.17) is 23.8 Å². The molecule has 4 rings (SSSR count). The zero-order valence-electron chi connectivity index (χ0n) is 16.2. The molecule has 0 unspecified atom stereocenters. The number of amides is 2. The summed E-state index contributed by atoms with van der Waals surface area (Å²) in [7, 11) is 0. The Kier molecular flexibility index (Phi) is 6.27. The van der Waals surface area contributed by atoms with Gasteiger partial charge in [0.25, 0.3) is 11.8 Å². The fourth-order valence-corrected chi connectivity index (χ4v) is 4.47. The molecule has 1 saturated heterocycles. The number of nitrogens with one attached hydrogen (secondary N) is 1. The molecule has 0 radical (unpaired) electrons. The summed E-state index contributed by atoms with van der Waals surface area (Å²) in [4.78, 5) is 27.3. The van der Waals surface area contributed by atoms with Crippen molar-refractivity contribution in [1.82, 2.24) is 0 Å². The summed E-state index contributed by atoms with van der Waals surface area (Å²) in [6.45, 7) is 0. The van der Waals surface area contributed by atoms with Crippen molar-refractivity contribution in [2.75, 3.05) is 10.2 Å². The van der Waals surface area contributed by atoms with Gasteiger partial charge in [-0.25, -0.2) is 4.39 Å². The van der Waals surface area contributed by atoms with Crippen LogP contribution in [0.25, 0.3) is 6.08 Å². The minimum Gasteiger partial charge on any atom is -0.507 e. The highest BCUT2D eigenvalue weighted by Gasteiger charge is 2.33. The second kappa shape index (κ2) is 9.12. The summed E-state index contributed by atoms with van der Waals surface area (Å²) in [5.41, 5.74) is 1.57. The van der Waals surface area contributed by atoms with Crippen LogP contribution in [0.4, 0.5) is 15.8 Å². The topological polar surface area (TPSA) is 69.6 Å². The van der Waals surface area contributed by atoms with E-state index in [1.807, 2.05) is 0 Å². The van der Waals surface area contributed by atoms with Gasteiger partial charge in [-0.05, 0) is 66.7 Å². The van der Waals surface area contributed by atoms with Crippen LogP contribution in [0, 0.1) is 5.82 Å². The Morgan fingerprint density at radius 1 is 1.12 bits per heavy atom. The molecule has 5 nitrogen and oxygen atoms in total. The Hall–Kier alpha value is -3.20. The number of halogens is 2. The van der Waals surface area contributed by atoms with E-state index in [-0.39, 0.29) is 11.7 Å². The summed E-state index contributed by atoms with van der Waals surface area (Å²) >= 11 is 12.4. The van der Waals surface area contributed by atoms with Crippen LogP contribution in [-0.4, -0.2) is 21.2 Å². The lowest BCUT2D eigenvalue weighted by atomic mass is 10.1. The lowest BCUT2D eigenvalue weighted by Crippen LogP contribution is -2.27. The van der Waals surface area contributed by atoms with Crippen molar-refractivity contribution in [2.24, 2.45) is 0 Å². The van der Waals surface area contributed by atoms with Crippen molar-refractivity contribution in [2.45, 2.75) is 0 Å². The quantitative estimate of drug-likeness (QED) is 0.359. The maximum Gasteiger partial charge on any atom is 0.270 e. The van der Waals surface area contributed by atoms with Gasteiger partial charge in [-0.2, -0.15) is 0 Å². The van der Waals surface area contributed by atoms with Gasteiger partial charge in [0.2, 0.25) is 0 Å². The first-order valence-electron chi connectivity index (χ1n) is 9.25. The molecular weight excluding hydrogens is 471 g/mol. The minimum atomic E-state index is -0.414. The number of aromatic hydroxyl groups is 1. The van der Waals surface area contributed by atoms with Crippen molar-refractivity contribution in [1.29, 1.82) is 0 Å². The normalized spacial score (nSPS) is 14.8. The Morgan fingerprint density at radius 3 is 2.62 bits per heavy atom. The first kappa shape index (κ1) is 22.0. The molecule has 9 heteroatoms. The molecule has 3 aromatic carbocycles. The molecule has 2 amide bonds. The third kappa shape index (κ3) is 4.67. The zero-order valence-corrected chi connectivity index (χ0v) is 18.6. The van der Waals surface area contributed by atoms with Crippen LogP contribution < -0.4 is 10.2 Å². The molecule has 32 heavy (non-hydrogen) atoms. The number of anilines is 2. The van der Waals surface area contributed by atoms with Crippen LogP contribution in [-0.2, 0) is 4.79 Å². The summed E-state index contributed by atoms with van der Waals surface area (Å²) in [6.07, 6.45) is 1.52. The predicted molar refractivity (Wildman–Crippen MR) is 130 cm³/mol. The molecule has 0 aromatic heterocycles. The lowest BCUT2D eigenvalue weighted by molar-refractivity contribution is -0.113. The Morgan fingerprint density at radius 2 is 1.88 bits per heavy atom. The van der Waals surface area contributed by atoms with Gasteiger partial charge in [0.05, 0.1) is 10.6 Å². The number of hydrogen-bond donors (Lipinski definition) is 2. The van der Waals surface area contributed by atoms with Gasteiger partial charge >= 0.3 is 0 Å². The van der Waals surface area contributed by atoms with E-state index in [2.05, 4.69) is 5.32 Å². The largest absolute Gasteiger partial charge is 0.507 e. The first-order chi connectivity index (χ1) is 15.3. The van der Waals surface area contributed by atoms with Gasteiger partial charge < -0.3 is 10.4 Å². The maximum atomic E-state index is 13.1. The Labute approximate surface area is 197 Å². The first-order valence-corrected chi connectivity index (χ1v) is 10.9. The van der Waals surface area contributed by atoms with Crippen molar-refractivity contribution >= 4 is 69.2 Å². The highest BCUT2D eigenvalue weighted by molar-refractivity contribution is 8.27. The third-order valence-corrected chi connectivity index (χ3v) is 6.08. The fourth-order valence-electron chi connectivity index (χ4n) is 3.00. The molecule has 1 aliphatic rings. The Balaban J connectivity index is 1.58. The van der Waals surface area contributed by atoms with Gasteiger partial charge in [-0.15, -0.1) is 0 Å². The molecule has 1 aliphatic heterocycles. The van der Waals surface area contributed by atoms with E-state index in [9.17, 15) is 19.1 Å². The maximum absolute atomic E-state index is 13.1. The smallest absolute Gasteiger partial charge is 0.270 e. The van der Waals surface area contributed by atoms with Crippen LogP contribution >= 0.6 is 35.6 Å². The van der Waals surface area contributed by atoms with E-state index in [0.29, 0.717) is 36.7 Å². The molecule has 0 aliphatic carbocycles. The second-order valence-corrected chi connectivity index (χ2v) is 8.84. The number of carbonyl (C=O) groups excluding carboxylic acids is 2. The van der Waals surface area contributed by atoms with Crippen molar-refractivity contribution in [3.8, 4) is 5.75 Å². The van der Waals surface area contributed by atoms with Crippen LogP contribution in [0.1, 0.15) is 15.9 Å². The second-order valence-electron chi connectivity index (χ2n) is 6.73. The van der Waals surface area contributed by atoms with E-state index < -0.39 is 11.7 Å². The number of hydrogen-bond acceptors (Lipinski definition) is 5. The average Bonchev–Trinajstić information content (AvgIpc) is 3.05. The van der Waals surface area contributed by atoms with Crippen LogP contribution in [0.15, 0.2) is 71.6 Å². The fraction of sp³-hybridized carbons (Fsp3) is 0. The summed E-state index contributed by atoms with van der Waals surface area (Å²) in [6, 6.07) is 16.4. The van der Waals surface area contributed by atoms with Crippen LogP contribution in [0.3, 0.4) is 0 Å². The minimum absolute atomic E-state index is 0.0147. The van der Waals surface area contributed by atoms with Crippen LogP contribution in [0.2, 0.25) is 5.02 Å². The molecule has 160 valence electrons. The molecule has 1 heterocycles.